The van der Waals surface area contributed by atoms with Crippen molar-refractivity contribution in [2.24, 2.45) is 0 Å². The number of hydrogen-bond acceptors (Lipinski definition) is 3. The molecule has 0 aliphatic rings. The molecule has 0 atom stereocenters. The molecule has 0 spiro atoms. The molecule has 0 N–H and O–H groups in total. The van der Waals surface area contributed by atoms with Crippen LogP contribution in [0.1, 0.15) is 0 Å². The summed E-state index contributed by atoms with van der Waals surface area (Å²) in [5.74, 6) is 0. The number of rotatable bonds is 6. The Morgan fingerprint density at radius 1 is 0.373 bits per heavy atom. The Balaban J connectivity index is 1.25. The average Bonchev–Trinajstić information content (AvgIpc) is 3.78. The van der Waals surface area contributed by atoms with Gasteiger partial charge in [-0.3, -0.25) is 0 Å². The Labute approximate surface area is 300 Å². The molecule has 3 heteroatoms. The molecule has 240 valence electrons. The summed E-state index contributed by atoms with van der Waals surface area (Å²) >= 11 is 1.88. The Morgan fingerprint density at radius 3 is 1.75 bits per heavy atom. The fourth-order valence-corrected chi connectivity index (χ4v) is 8.84. The Kier molecular flexibility index (Phi) is 7.04. The summed E-state index contributed by atoms with van der Waals surface area (Å²) in [6.07, 6.45) is 0. The molecule has 10 aromatic rings. The van der Waals surface area contributed by atoms with Crippen molar-refractivity contribution in [1.29, 1.82) is 0 Å². The van der Waals surface area contributed by atoms with Crippen LogP contribution in [0.15, 0.2) is 192 Å². The number of hydrogen-bond donors (Lipinski definition) is 0. The van der Waals surface area contributed by atoms with Crippen molar-refractivity contribution < 1.29 is 4.42 Å². The average molecular weight is 670 g/mol. The highest BCUT2D eigenvalue weighted by atomic mass is 32.1. The Hall–Kier alpha value is -6.42. The highest BCUT2D eigenvalue weighted by Crippen LogP contribution is 2.48. The summed E-state index contributed by atoms with van der Waals surface area (Å²) < 4.78 is 9.14. The minimum absolute atomic E-state index is 0.900. The molecule has 0 saturated heterocycles. The summed E-state index contributed by atoms with van der Waals surface area (Å²) in [6.45, 7) is 0. The van der Waals surface area contributed by atoms with Gasteiger partial charge in [0.05, 0.1) is 10.4 Å². The van der Waals surface area contributed by atoms with Gasteiger partial charge in [0.15, 0.2) is 0 Å². The highest BCUT2D eigenvalue weighted by Gasteiger charge is 2.21. The van der Waals surface area contributed by atoms with Gasteiger partial charge in [-0.1, -0.05) is 146 Å². The molecule has 0 aliphatic carbocycles. The van der Waals surface area contributed by atoms with Crippen molar-refractivity contribution in [2.45, 2.75) is 0 Å². The maximum absolute atomic E-state index is 6.58. The van der Waals surface area contributed by atoms with Crippen LogP contribution in [-0.2, 0) is 0 Å². The second-order valence-corrected chi connectivity index (χ2v) is 13.9. The van der Waals surface area contributed by atoms with Crippen LogP contribution in [0.2, 0.25) is 0 Å². The lowest BCUT2D eigenvalue weighted by Gasteiger charge is -2.27. The number of thiophene rings is 1. The van der Waals surface area contributed by atoms with Crippen molar-refractivity contribution in [3.05, 3.63) is 188 Å². The molecule has 0 aliphatic heterocycles. The highest BCUT2D eigenvalue weighted by molar-refractivity contribution is 7.27. The van der Waals surface area contributed by atoms with Crippen LogP contribution < -0.4 is 4.90 Å². The van der Waals surface area contributed by atoms with Crippen LogP contribution in [0.4, 0.5) is 17.1 Å². The SMILES string of the molecule is c1ccc(-c2cc(-c3cccc4c3oc3ccccc34)cc(N(c3ccccc3)c3cccc4c3sc3c(-c5ccccc5)cccc34)c2)cc1. The third kappa shape index (κ3) is 5.01. The summed E-state index contributed by atoms with van der Waals surface area (Å²) in [6, 6.07) is 67.3. The summed E-state index contributed by atoms with van der Waals surface area (Å²) in [4.78, 5) is 2.43. The zero-order chi connectivity index (χ0) is 33.7. The van der Waals surface area contributed by atoms with E-state index >= 15 is 0 Å². The van der Waals surface area contributed by atoms with Gasteiger partial charge in [0.2, 0.25) is 0 Å². The van der Waals surface area contributed by atoms with E-state index in [4.69, 9.17) is 4.42 Å². The van der Waals surface area contributed by atoms with Crippen LogP contribution in [0, 0.1) is 0 Å². The van der Waals surface area contributed by atoms with Gasteiger partial charge < -0.3 is 9.32 Å². The van der Waals surface area contributed by atoms with Crippen LogP contribution in [0.5, 0.6) is 0 Å². The fraction of sp³-hybridized carbons (Fsp3) is 0. The predicted octanol–water partition coefficient (Wildman–Crippen LogP) is 14.4. The van der Waals surface area contributed by atoms with Gasteiger partial charge in [0, 0.05) is 43.2 Å². The first-order valence-electron chi connectivity index (χ1n) is 17.3. The van der Waals surface area contributed by atoms with Crippen molar-refractivity contribution in [1.82, 2.24) is 0 Å². The van der Waals surface area contributed by atoms with E-state index in [2.05, 4.69) is 187 Å². The van der Waals surface area contributed by atoms with Crippen molar-refractivity contribution in [3.63, 3.8) is 0 Å². The summed E-state index contributed by atoms with van der Waals surface area (Å²) in [7, 11) is 0. The fourth-order valence-electron chi connectivity index (χ4n) is 7.50. The normalized spacial score (nSPS) is 11.5. The van der Waals surface area contributed by atoms with Crippen LogP contribution in [0.25, 0.3) is 75.5 Å². The summed E-state index contributed by atoms with van der Waals surface area (Å²) in [5, 5.41) is 4.80. The van der Waals surface area contributed by atoms with E-state index in [0.29, 0.717) is 0 Å². The molecule has 0 bridgehead atoms. The first kappa shape index (κ1) is 29.5. The largest absolute Gasteiger partial charge is 0.455 e. The lowest BCUT2D eigenvalue weighted by Crippen LogP contribution is -2.10. The zero-order valence-corrected chi connectivity index (χ0v) is 28.5. The zero-order valence-electron chi connectivity index (χ0n) is 27.7. The van der Waals surface area contributed by atoms with Gasteiger partial charge in [-0.05, 0) is 70.3 Å². The van der Waals surface area contributed by atoms with Crippen molar-refractivity contribution in [3.8, 4) is 33.4 Å². The molecule has 0 unspecified atom stereocenters. The molecule has 51 heavy (non-hydrogen) atoms. The number of furan rings is 1. The second-order valence-electron chi connectivity index (χ2n) is 12.9. The molecule has 2 aromatic heterocycles. The maximum Gasteiger partial charge on any atom is 0.143 e. The monoisotopic (exact) mass is 669 g/mol. The van der Waals surface area contributed by atoms with Crippen LogP contribution in [-0.4, -0.2) is 0 Å². The van der Waals surface area contributed by atoms with Gasteiger partial charge in [-0.2, -0.15) is 0 Å². The lowest BCUT2D eigenvalue weighted by molar-refractivity contribution is 0.670. The quantitative estimate of drug-likeness (QED) is 0.175. The Bertz CT molecular complexity index is 2850. The smallest absolute Gasteiger partial charge is 0.143 e. The van der Waals surface area contributed by atoms with Crippen molar-refractivity contribution >= 4 is 70.5 Å². The van der Waals surface area contributed by atoms with Crippen LogP contribution >= 0.6 is 11.3 Å². The number of nitrogens with zero attached hydrogens (tertiary/aromatic N) is 1. The molecular formula is C48H31NOS. The van der Waals surface area contributed by atoms with Gasteiger partial charge in [-0.25, -0.2) is 0 Å². The van der Waals surface area contributed by atoms with E-state index in [1.807, 2.05) is 17.4 Å². The Morgan fingerprint density at radius 2 is 0.961 bits per heavy atom. The standard InChI is InChI=1S/C48H31NOS/c1-4-15-32(16-5-1)34-29-35(38-22-12-24-41-40-21-10-11-28-45(40)50-46(38)41)31-37(30-34)49(36-19-8-3-9-20-36)44-27-14-26-43-42-25-13-23-39(47(42)51-48(43)44)33-17-6-2-7-18-33/h1-31H. The maximum atomic E-state index is 6.58. The molecule has 0 amide bonds. The minimum Gasteiger partial charge on any atom is -0.455 e. The predicted molar refractivity (Wildman–Crippen MR) is 218 cm³/mol. The molecule has 8 aromatic carbocycles. The van der Waals surface area contributed by atoms with E-state index < -0.39 is 0 Å². The van der Waals surface area contributed by atoms with Crippen LogP contribution in [0.3, 0.4) is 0 Å². The molecule has 2 heterocycles. The molecule has 2 nitrogen and oxygen atoms in total. The number of benzene rings is 8. The van der Waals surface area contributed by atoms with E-state index in [0.717, 1.165) is 61.3 Å². The topological polar surface area (TPSA) is 16.4 Å². The third-order valence-electron chi connectivity index (χ3n) is 9.84. The van der Waals surface area contributed by atoms with Gasteiger partial charge in [0.1, 0.15) is 11.2 Å². The molecule has 0 saturated carbocycles. The number of anilines is 3. The molecule has 10 rings (SSSR count). The number of fused-ring (bicyclic) bond motifs is 6. The molecule has 0 fully saturated rings. The van der Waals surface area contributed by atoms with E-state index in [-0.39, 0.29) is 0 Å². The van der Waals surface area contributed by atoms with Crippen molar-refractivity contribution in [2.75, 3.05) is 4.90 Å². The summed E-state index contributed by atoms with van der Waals surface area (Å²) in [5.41, 5.74) is 12.1. The van der Waals surface area contributed by atoms with Gasteiger partial charge >= 0.3 is 0 Å². The molecular weight excluding hydrogens is 639 g/mol. The molecule has 0 radical (unpaired) electrons. The van der Waals surface area contributed by atoms with E-state index in [1.165, 1.54) is 31.3 Å². The minimum atomic E-state index is 0.900. The van der Waals surface area contributed by atoms with E-state index in [9.17, 15) is 0 Å². The second kappa shape index (κ2) is 12.2. The first-order chi connectivity index (χ1) is 25.3. The lowest BCUT2D eigenvalue weighted by atomic mass is 9.96. The van der Waals surface area contributed by atoms with Gasteiger partial charge in [-0.15, -0.1) is 11.3 Å². The third-order valence-corrected chi connectivity index (χ3v) is 11.1. The number of para-hydroxylation sites is 3. The first-order valence-corrected chi connectivity index (χ1v) is 18.1. The van der Waals surface area contributed by atoms with Gasteiger partial charge in [0.25, 0.3) is 0 Å². The van der Waals surface area contributed by atoms with E-state index in [1.54, 1.807) is 0 Å².